The van der Waals surface area contributed by atoms with Crippen LogP contribution in [0.25, 0.3) is 0 Å². The number of thiazole rings is 1. The average Bonchev–Trinajstić information content (AvgIpc) is 3.41. The van der Waals surface area contributed by atoms with Crippen molar-refractivity contribution in [3.63, 3.8) is 0 Å². The zero-order valence-electron chi connectivity index (χ0n) is 23.0. The number of nitrogens with one attached hydrogen (secondary N) is 1. The number of carboxylic acid groups (broad SMARTS) is 1. The SMILES string of the molecule is CC(C)(C)OC(=O)C=CCON=C(C(=O)O)c1csc(NC(c2ccccc2)(c2ccccc2)c2ccccc2)n1. The van der Waals surface area contributed by atoms with Crippen molar-refractivity contribution in [2.24, 2.45) is 5.16 Å². The van der Waals surface area contributed by atoms with Gasteiger partial charge in [-0.3, -0.25) is 0 Å². The first-order valence-electron chi connectivity index (χ1n) is 12.9. The fourth-order valence-corrected chi connectivity index (χ4v) is 4.95. The van der Waals surface area contributed by atoms with Crippen LogP contribution in [0, 0.1) is 0 Å². The van der Waals surface area contributed by atoms with Gasteiger partial charge in [-0.2, -0.15) is 0 Å². The molecule has 3 aromatic carbocycles. The molecule has 0 spiro atoms. The zero-order chi connectivity index (χ0) is 29.3. The first-order chi connectivity index (χ1) is 19.7. The Morgan fingerprint density at radius 1 is 0.902 bits per heavy atom. The van der Waals surface area contributed by atoms with E-state index in [4.69, 9.17) is 9.57 Å². The van der Waals surface area contributed by atoms with Crippen molar-refractivity contribution in [3.8, 4) is 0 Å². The Morgan fingerprint density at radius 2 is 1.41 bits per heavy atom. The van der Waals surface area contributed by atoms with Crippen LogP contribution in [-0.4, -0.2) is 39.9 Å². The van der Waals surface area contributed by atoms with E-state index in [1.165, 1.54) is 23.5 Å². The van der Waals surface area contributed by atoms with E-state index in [1.807, 2.05) is 91.0 Å². The summed E-state index contributed by atoms with van der Waals surface area (Å²) in [6.45, 7) is 5.17. The molecule has 0 aliphatic rings. The van der Waals surface area contributed by atoms with Crippen LogP contribution in [0.15, 0.2) is 114 Å². The number of hydrogen-bond donors (Lipinski definition) is 2. The molecule has 0 amide bonds. The van der Waals surface area contributed by atoms with Gasteiger partial charge in [0.05, 0.1) is 0 Å². The maximum Gasteiger partial charge on any atom is 0.360 e. The predicted molar refractivity (Wildman–Crippen MR) is 160 cm³/mol. The van der Waals surface area contributed by atoms with Crippen molar-refractivity contribution in [1.29, 1.82) is 0 Å². The van der Waals surface area contributed by atoms with Crippen LogP contribution < -0.4 is 5.32 Å². The number of rotatable bonds is 11. The monoisotopic (exact) mass is 569 g/mol. The molecule has 0 fully saturated rings. The number of oxime groups is 1. The minimum atomic E-state index is -1.29. The minimum Gasteiger partial charge on any atom is -0.476 e. The lowest BCUT2D eigenvalue weighted by Gasteiger charge is -2.36. The Balaban J connectivity index is 1.64. The molecule has 0 bridgehead atoms. The van der Waals surface area contributed by atoms with Gasteiger partial charge >= 0.3 is 11.9 Å². The van der Waals surface area contributed by atoms with E-state index in [0.717, 1.165) is 16.7 Å². The van der Waals surface area contributed by atoms with Crippen molar-refractivity contribution in [2.75, 3.05) is 11.9 Å². The van der Waals surface area contributed by atoms with Gasteiger partial charge in [-0.1, -0.05) is 96.2 Å². The number of ether oxygens (including phenoxy) is 1. The Bertz CT molecular complexity index is 1410. The summed E-state index contributed by atoms with van der Waals surface area (Å²) in [6, 6.07) is 30.0. The van der Waals surface area contributed by atoms with Crippen LogP contribution in [0.4, 0.5) is 5.13 Å². The summed E-state index contributed by atoms with van der Waals surface area (Å²) in [5, 5.41) is 19.3. The Kier molecular flexibility index (Phi) is 9.31. The summed E-state index contributed by atoms with van der Waals surface area (Å²) in [5.41, 5.74) is 1.31. The molecule has 0 aliphatic carbocycles. The van der Waals surface area contributed by atoms with Gasteiger partial charge in [0.2, 0.25) is 5.71 Å². The second-order valence-electron chi connectivity index (χ2n) is 9.99. The molecule has 210 valence electrons. The highest BCUT2D eigenvalue weighted by Crippen LogP contribution is 2.40. The van der Waals surface area contributed by atoms with E-state index in [9.17, 15) is 14.7 Å². The summed E-state index contributed by atoms with van der Waals surface area (Å²) in [5.74, 6) is -1.82. The van der Waals surface area contributed by atoms with E-state index in [0.29, 0.717) is 5.13 Å². The standard InChI is InChI=1S/C32H31N3O5S/c1-31(2,3)40-27(36)20-13-21-39-35-28(29(37)38)26-22-41-30(33-26)34-32(23-14-7-4-8-15-23,24-16-9-5-10-17-24)25-18-11-6-12-19-25/h4-20,22H,21H2,1-3H3,(H,33,34)(H,37,38). The van der Waals surface area contributed by atoms with Gasteiger partial charge in [0, 0.05) is 11.5 Å². The third kappa shape index (κ3) is 7.46. The van der Waals surface area contributed by atoms with Crippen LogP contribution in [0.5, 0.6) is 0 Å². The molecule has 41 heavy (non-hydrogen) atoms. The lowest BCUT2D eigenvalue weighted by atomic mass is 9.77. The molecule has 4 rings (SSSR count). The first kappa shape index (κ1) is 29.2. The highest BCUT2D eigenvalue weighted by atomic mass is 32.1. The molecular formula is C32H31N3O5S. The number of aromatic nitrogens is 1. The average molecular weight is 570 g/mol. The Labute approximate surface area is 243 Å². The van der Waals surface area contributed by atoms with Crippen LogP contribution in [-0.2, 0) is 24.7 Å². The van der Waals surface area contributed by atoms with E-state index in [1.54, 1.807) is 26.2 Å². The van der Waals surface area contributed by atoms with Gasteiger partial charge in [-0.15, -0.1) is 11.3 Å². The number of benzene rings is 3. The van der Waals surface area contributed by atoms with Gasteiger partial charge in [0.15, 0.2) is 5.13 Å². The van der Waals surface area contributed by atoms with Crippen LogP contribution in [0.1, 0.15) is 43.2 Å². The predicted octanol–water partition coefficient (Wildman–Crippen LogP) is 6.25. The number of hydrogen-bond acceptors (Lipinski definition) is 8. The number of nitrogens with zero attached hydrogens (tertiary/aromatic N) is 2. The summed E-state index contributed by atoms with van der Waals surface area (Å²) in [4.78, 5) is 33.6. The molecule has 9 heteroatoms. The number of carbonyl (C=O) groups excluding carboxylic acids is 1. The molecule has 2 N–H and O–H groups in total. The van der Waals surface area contributed by atoms with E-state index < -0.39 is 23.1 Å². The number of esters is 1. The number of anilines is 1. The molecule has 0 radical (unpaired) electrons. The van der Waals surface area contributed by atoms with Crippen LogP contribution in [0.3, 0.4) is 0 Å². The van der Waals surface area contributed by atoms with E-state index in [2.05, 4.69) is 15.5 Å². The normalized spacial score (nSPS) is 12.2. The third-order valence-corrected chi connectivity index (χ3v) is 6.61. The fourth-order valence-electron chi connectivity index (χ4n) is 4.20. The van der Waals surface area contributed by atoms with Gasteiger partial charge < -0.3 is 20.0 Å². The molecule has 0 aliphatic heterocycles. The molecule has 8 nitrogen and oxygen atoms in total. The third-order valence-electron chi connectivity index (χ3n) is 5.85. The number of carbonyl (C=O) groups is 2. The highest BCUT2D eigenvalue weighted by molar-refractivity contribution is 7.14. The van der Waals surface area contributed by atoms with Crippen molar-refractivity contribution >= 4 is 34.1 Å². The Hall–Kier alpha value is -4.76. The molecule has 0 atom stereocenters. The second kappa shape index (κ2) is 13.1. The van der Waals surface area contributed by atoms with E-state index in [-0.39, 0.29) is 18.0 Å². The van der Waals surface area contributed by atoms with Gasteiger partial charge in [0.1, 0.15) is 23.4 Å². The second-order valence-corrected chi connectivity index (χ2v) is 10.8. The maximum atomic E-state index is 12.0. The molecule has 4 aromatic rings. The maximum absolute atomic E-state index is 12.0. The topological polar surface area (TPSA) is 110 Å². The van der Waals surface area contributed by atoms with Crippen molar-refractivity contribution in [2.45, 2.75) is 31.9 Å². The van der Waals surface area contributed by atoms with Crippen LogP contribution >= 0.6 is 11.3 Å². The van der Waals surface area contributed by atoms with Gasteiger partial charge in [-0.25, -0.2) is 14.6 Å². The Morgan fingerprint density at radius 3 is 1.88 bits per heavy atom. The summed E-state index contributed by atoms with van der Waals surface area (Å²) >= 11 is 1.26. The minimum absolute atomic E-state index is 0.121. The van der Waals surface area contributed by atoms with E-state index >= 15 is 0 Å². The largest absolute Gasteiger partial charge is 0.476 e. The lowest BCUT2D eigenvalue weighted by Crippen LogP contribution is -2.38. The summed E-state index contributed by atoms with van der Waals surface area (Å²) in [7, 11) is 0. The number of aliphatic carboxylic acids is 1. The van der Waals surface area contributed by atoms with Crippen molar-refractivity contribution in [3.05, 3.63) is 131 Å². The first-order valence-corrected chi connectivity index (χ1v) is 13.8. The van der Waals surface area contributed by atoms with Gasteiger partial charge in [0.25, 0.3) is 0 Å². The summed E-state index contributed by atoms with van der Waals surface area (Å²) in [6.07, 6.45) is 2.61. The molecule has 1 aromatic heterocycles. The molecular weight excluding hydrogens is 538 g/mol. The van der Waals surface area contributed by atoms with Crippen LogP contribution in [0.2, 0.25) is 0 Å². The summed E-state index contributed by atoms with van der Waals surface area (Å²) < 4.78 is 5.18. The lowest BCUT2D eigenvalue weighted by molar-refractivity contribution is -0.148. The molecule has 1 heterocycles. The fraction of sp³-hybridized carbons (Fsp3) is 0.188. The van der Waals surface area contributed by atoms with Crippen molar-refractivity contribution in [1.82, 2.24) is 4.98 Å². The van der Waals surface area contributed by atoms with Gasteiger partial charge in [-0.05, 0) is 43.5 Å². The smallest absolute Gasteiger partial charge is 0.360 e. The number of carboxylic acids is 1. The highest BCUT2D eigenvalue weighted by Gasteiger charge is 2.37. The molecule has 0 saturated carbocycles. The van der Waals surface area contributed by atoms with Crippen molar-refractivity contribution < 1.29 is 24.3 Å². The molecule has 0 saturated heterocycles. The quantitative estimate of drug-likeness (QED) is 0.0549. The zero-order valence-corrected chi connectivity index (χ0v) is 23.8. The molecule has 0 unspecified atom stereocenters.